The van der Waals surface area contributed by atoms with Gasteiger partial charge in [0, 0.05) is 10.6 Å². The second-order valence-corrected chi connectivity index (χ2v) is 3.74. The summed E-state index contributed by atoms with van der Waals surface area (Å²) in [6.07, 6.45) is 1.59. The van der Waals surface area contributed by atoms with Crippen LogP contribution in [-0.2, 0) is 0 Å². The van der Waals surface area contributed by atoms with E-state index in [-0.39, 0.29) is 0 Å². The predicted molar refractivity (Wildman–Crippen MR) is 60.4 cm³/mol. The topological polar surface area (TPSA) is 44.0 Å². The standard InChI is InChI=1S/C12H12ClNO/c1-9(8-14)2-7-12(15)10-3-5-11(13)6-4-10/h2-6,12,15H,7H2,1H3/b9-2+/t12-/m1/s1. The maximum atomic E-state index is 9.76. The van der Waals surface area contributed by atoms with Crippen molar-refractivity contribution in [1.29, 1.82) is 5.26 Å². The lowest BCUT2D eigenvalue weighted by molar-refractivity contribution is 0.181. The summed E-state index contributed by atoms with van der Waals surface area (Å²) >= 11 is 5.73. The summed E-state index contributed by atoms with van der Waals surface area (Å²) in [5, 5.41) is 18.9. The first-order chi connectivity index (χ1) is 7.13. The molecule has 0 aliphatic rings. The van der Waals surface area contributed by atoms with Gasteiger partial charge in [0.15, 0.2) is 0 Å². The summed E-state index contributed by atoms with van der Waals surface area (Å²) in [7, 11) is 0. The summed E-state index contributed by atoms with van der Waals surface area (Å²) in [6, 6.07) is 9.04. The van der Waals surface area contributed by atoms with Crippen LogP contribution in [0.3, 0.4) is 0 Å². The van der Waals surface area contributed by atoms with Gasteiger partial charge in [0.25, 0.3) is 0 Å². The second-order valence-electron chi connectivity index (χ2n) is 3.30. The third-order valence-electron chi connectivity index (χ3n) is 2.08. The number of halogens is 1. The zero-order valence-electron chi connectivity index (χ0n) is 8.44. The van der Waals surface area contributed by atoms with Crippen molar-refractivity contribution in [1.82, 2.24) is 0 Å². The van der Waals surface area contributed by atoms with Crippen molar-refractivity contribution in [2.45, 2.75) is 19.4 Å². The van der Waals surface area contributed by atoms with Crippen LogP contribution in [0, 0.1) is 11.3 Å². The Morgan fingerprint density at radius 3 is 2.67 bits per heavy atom. The van der Waals surface area contributed by atoms with E-state index in [9.17, 15) is 5.11 Å². The molecule has 0 amide bonds. The lowest BCUT2D eigenvalue weighted by Gasteiger charge is -2.08. The average Bonchev–Trinajstić information content (AvgIpc) is 2.26. The molecule has 0 heterocycles. The Hall–Kier alpha value is -1.30. The molecule has 1 N–H and O–H groups in total. The molecule has 0 aliphatic heterocycles. The molecule has 3 heteroatoms. The van der Waals surface area contributed by atoms with Crippen molar-refractivity contribution in [2.24, 2.45) is 0 Å². The van der Waals surface area contributed by atoms with E-state index in [4.69, 9.17) is 16.9 Å². The number of nitriles is 1. The van der Waals surface area contributed by atoms with E-state index in [0.717, 1.165) is 5.56 Å². The summed E-state index contributed by atoms with van der Waals surface area (Å²) in [5.74, 6) is 0. The molecule has 78 valence electrons. The highest BCUT2D eigenvalue weighted by molar-refractivity contribution is 6.30. The van der Waals surface area contributed by atoms with Crippen LogP contribution in [0.5, 0.6) is 0 Å². The Kier molecular flexibility index (Phi) is 4.36. The van der Waals surface area contributed by atoms with Crippen LogP contribution in [0.1, 0.15) is 25.0 Å². The Balaban J connectivity index is 2.66. The first-order valence-corrected chi connectivity index (χ1v) is 5.01. The minimum atomic E-state index is -0.578. The van der Waals surface area contributed by atoms with Gasteiger partial charge in [-0.05, 0) is 31.0 Å². The van der Waals surface area contributed by atoms with E-state index in [1.54, 1.807) is 37.3 Å². The maximum absolute atomic E-state index is 9.76. The van der Waals surface area contributed by atoms with E-state index < -0.39 is 6.10 Å². The fourth-order valence-corrected chi connectivity index (χ4v) is 1.28. The quantitative estimate of drug-likeness (QED) is 0.797. The van der Waals surface area contributed by atoms with E-state index in [0.29, 0.717) is 17.0 Å². The number of nitrogens with zero attached hydrogens (tertiary/aromatic N) is 1. The molecular formula is C12H12ClNO. The van der Waals surface area contributed by atoms with Crippen LogP contribution in [-0.4, -0.2) is 5.11 Å². The lowest BCUT2D eigenvalue weighted by atomic mass is 10.1. The van der Waals surface area contributed by atoms with Gasteiger partial charge in [0.2, 0.25) is 0 Å². The number of rotatable bonds is 3. The fourth-order valence-electron chi connectivity index (χ4n) is 1.16. The number of aliphatic hydroxyl groups is 1. The number of benzene rings is 1. The molecule has 2 nitrogen and oxygen atoms in total. The number of aliphatic hydroxyl groups excluding tert-OH is 1. The molecule has 1 atom stereocenters. The molecule has 0 bridgehead atoms. The smallest absolute Gasteiger partial charge is 0.0940 e. The zero-order chi connectivity index (χ0) is 11.3. The summed E-state index contributed by atoms with van der Waals surface area (Å²) in [4.78, 5) is 0. The summed E-state index contributed by atoms with van der Waals surface area (Å²) < 4.78 is 0. The predicted octanol–water partition coefficient (Wildman–Crippen LogP) is 3.23. The molecule has 0 saturated heterocycles. The molecule has 0 saturated carbocycles. The van der Waals surface area contributed by atoms with E-state index in [1.807, 2.05) is 6.07 Å². The van der Waals surface area contributed by atoms with Crippen molar-refractivity contribution in [3.05, 3.63) is 46.5 Å². The normalized spacial score (nSPS) is 13.3. The molecule has 1 rings (SSSR count). The number of hydrogen-bond acceptors (Lipinski definition) is 2. The van der Waals surface area contributed by atoms with Crippen molar-refractivity contribution in [3.8, 4) is 6.07 Å². The van der Waals surface area contributed by atoms with Gasteiger partial charge < -0.3 is 5.11 Å². The molecule has 1 aromatic carbocycles. The van der Waals surface area contributed by atoms with Gasteiger partial charge in [-0.15, -0.1) is 0 Å². The molecule has 0 fully saturated rings. The average molecular weight is 222 g/mol. The molecule has 0 unspecified atom stereocenters. The van der Waals surface area contributed by atoms with Crippen molar-refractivity contribution >= 4 is 11.6 Å². The first kappa shape index (κ1) is 11.8. The molecule has 1 aromatic rings. The monoisotopic (exact) mass is 221 g/mol. The molecular weight excluding hydrogens is 210 g/mol. The second kappa shape index (κ2) is 5.55. The van der Waals surface area contributed by atoms with Crippen LogP contribution in [0.15, 0.2) is 35.9 Å². The zero-order valence-corrected chi connectivity index (χ0v) is 9.20. The Labute approximate surface area is 94.4 Å². The summed E-state index contributed by atoms with van der Waals surface area (Å²) in [6.45, 7) is 1.72. The van der Waals surface area contributed by atoms with Gasteiger partial charge in [-0.25, -0.2) is 0 Å². The number of allylic oxidation sites excluding steroid dienone is 1. The lowest BCUT2D eigenvalue weighted by Crippen LogP contribution is -1.95. The van der Waals surface area contributed by atoms with E-state index in [2.05, 4.69) is 0 Å². The van der Waals surface area contributed by atoms with Gasteiger partial charge in [0.1, 0.15) is 0 Å². The third kappa shape index (κ3) is 3.75. The van der Waals surface area contributed by atoms with Crippen molar-refractivity contribution < 1.29 is 5.11 Å². The van der Waals surface area contributed by atoms with Gasteiger partial charge in [-0.1, -0.05) is 29.8 Å². The summed E-state index contributed by atoms with van der Waals surface area (Å²) in [5.41, 5.74) is 1.42. The highest BCUT2D eigenvalue weighted by Crippen LogP contribution is 2.19. The molecule has 0 spiro atoms. The van der Waals surface area contributed by atoms with Crippen LogP contribution < -0.4 is 0 Å². The van der Waals surface area contributed by atoms with Gasteiger partial charge in [-0.3, -0.25) is 0 Å². The molecule has 0 aromatic heterocycles. The highest BCUT2D eigenvalue weighted by atomic mass is 35.5. The minimum Gasteiger partial charge on any atom is -0.388 e. The van der Waals surface area contributed by atoms with Crippen LogP contribution in [0.25, 0.3) is 0 Å². The first-order valence-electron chi connectivity index (χ1n) is 4.64. The minimum absolute atomic E-state index is 0.445. The van der Waals surface area contributed by atoms with E-state index in [1.165, 1.54) is 0 Å². The van der Waals surface area contributed by atoms with Gasteiger partial charge in [0.05, 0.1) is 12.2 Å². The van der Waals surface area contributed by atoms with Gasteiger partial charge in [-0.2, -0.15) is 5.26 Å². The fraction of sp³-hybridized carbons (Fsp3) is 0.250. The SMILES string of the molecule is C/C(C#N)=C\C[C@@H](O)c1ccc(Cl)cc1. The Bertz CT molecular complexity index is 389. The largest absolute Gasteiger partial charge is 0.388 e. The maximum Gasteiger partial charge on any atom is 0.0940 e. The van der Waals surface area contributed by atoms with Gasteiger partial charge >= 0.3 is 0 Å². The van der Waals surface area contributed by atoms with Crippen LogP contribution >= 0.6 is 11.6 Å². The molecule has 0 aliphatic carbocycles. The molecule has 15 heavy (non-hydrogen) atoms. The Morgan fingerprint density at radius 2 is 2.13 bits per heavy atom. The number of hydrogen-bond donors (Lipinski definition) is 1. The Morgan fingerprint density at radius 1 is 1.53 bits per heavy atom. The van der Waals surface area contributed by atoms with E-state index >= 15 is 0 Å². The van der Waals surface area contributed by atoms with Crippen molar-refractivity contribution in [3.63, 3.8) is 0 Å². The van der Waals surface area contributed by atoms with Crippen LogP contribution in [0.2, 0.25) is 5.02 Å². The molecule has 0 radical (unpaired) electrons. The highest BCUT2D eigenvalue weighted by Gasteiger charge is 2.05. The van der Waals surface area contributed by atoms with Crippen molar-refractivity contribution in [2.75, 3.05) is 0 Å². The third-order valence-corrected chi connectivity index (χ3v) is 2.33. The van der Waals surface area contributed by atoms with Crippen LogP contribution in [0.4, 0.5) is 0 Å².